The molecule has 0 radical (unpaired) electrons. The molecule has 1 heteroatoms. The van der Waals surface area contributed by atoms with E-state index in [1.807, 2.05) is 0 Å². The van der Waals surface area contributed by atoms with E-state index in [-0.39, 0.29) is 5.41 Å². The Morgan fingerprint density at radius 1 is 1.15 bits per heavy atom. The van der Waals surface area contributed by atoms with Gasteiger partial charge in [-0.3, -0.25) is 0 Å². The van der Waals surface area contributed by atoms with Crippen LogP contribution in [0, 0.1) is 5.41 Å². The molecule has 0 aromatic carbocycles. The quantitative estimate of drug-likeness (QED) is 0.589. The van der Waals surface area contributed by atoms with E-state index in [0.717, 1.165) is 12.8 Å². The molecule has 0 saturated heterocycles. The second kappa shape index (κ2) is 4.80. The van der Waals surface area contributed by atoms with Gasteiger partial charge in [0.2, 0.25) is 0 Å². The van der Waals surface area contributed by atoms with Crippen LogP contribution < -0.4 is 0 Å². The topological polar surface area (TPSA) is 3.24 Å². The Labute approximate surface area is 123 Å². The second-order valence-electron chi connectivity index (χ2n) is 6.70. The van der Waals surface area contributed by atoms with Crippen LogP contribution in [0.25, 0.3) is 0 Å². The molecule has 106 valence electrons. The zero-order valence-corrected chi connectivity index (χ0v) is 13.2. The third-order valence-corrected chi connectivity index (χ3v) is 4.88. The summed E-state index contributed by atoms with van der Waals surface area (Å²) in [5, 5.41) is 0. The van der Waals surface area contributed by atoms with Crippen LogP contribution >= 0.6 is 0 Å². The van der Waals surface area contributed by atoms with Crippen molar-refractivity contribution in [1.29, 1.82) is 0 Å². The van der Waals surface area contributed by atoms with Crippen LogP contribution in [0.3, 0.4) is 0 Å². The van der Waals surface area contributed by atoms with Crippen LogP contribution in [0.4, 0.5) is 0 Å². The molecule has 0 aromatic heterocycles. The number of hydrogen-bond acceptors (Lipinski definition) is 1. The van der Waals surface area contributed by atoms with Crippen molar-refractivity contribution in [3.05, 3.63) is 58.5 Å². The molecule has 0 spiro atoms. The molecular formula is C19H25N. The predicted octanol–water partition coefficient (Wildman–Crippen LogP) is 5.11. The summed E-state index contributed by atoms with van der Waals surface area (Å²) in [4.78, 5) is 2.44. The van der Waals surface area contributed by atoms with Gasteiger partial charge in [0.25, 0.3) is 0 Å². The first kappa shape index (κ1) is 13.5. The summed E-state index contributed by atoms with van der Waals surface area (Å²) in [5.41, 5.74) is 7.83. The number of rotatable bonds is 0. The van der Waals surface area contributed by atoms with Crippen molar-refractivity contribution in [3.63, 3.8) is 0 Å². The second-order valence-corrected chi connectivity index (χ2v) is 6.70. The minimum absolute atomic E-state index is 0.229. The molecule has 0 amide bonds. The van der Waals surface area contributed by atoms with Crippen LogP contribution in [0.2, 0.25) is 0 Å². The molecule has 0 bridgehead atoms. The SMILES string of the molecule is CC=C1CC(C)(C)C2=C(CCC3=C2C=CCC=C3)N1C. The molecule has 0 atom stereocenters. The number of nitrogens with zero attached hydrogens (tertiary/aromatic N) is 1. The maximum absolute atomic E-state index is 2.44. The highest BCUT2D eigenvalue weighted by atomic mass is 15.1. The fraction of sp³-hybridized carbons (Fsp3) is 0.474. The molecule has 3 rings (SSSR count). The van der Waals surface area contributed by atoms with Gasteiger partial charge < -0.3 is 4.90 Å². The summed E-state index contributed by atoms with van der Waals surface area (Å²) in [7, 11) is 2.24. The first-order valence-corrected chi connectivity index (χ1v) is 7.74. The first-order chi connectivity index (χ1) is 9.54. The van der Waals surface area contributed by atoms with Crippen molar-refractivity contribution in [1.82, 2.24) is 4.90 Å². The standard InChI is InChI=1S/C19H25N/c1-5-15-13-19(2,3)18-16-10-8-6-7-9-14(16)11-12-17(18)20(15)4/h5,7-10H,6,11-13H2,1-4H3. The van der Waals surface area contributed by atoms with Gasteiger partial charge in [0, 0.05) is 18.4 Å². The molecule has 0 aromatic rings. The zero-order chi connectivity index (χ0) is 14.3. The lowest BCUT2D eigenvalue weighted by Crippen LogP contribution is -2.35. The molecule has 1 nitrogen and oxygen atoms in total. The highest BCUT2D eigenvalue weighted by molar-refractivity contribution is 5.57. The maximum Gasteiger partial charge on any atom is 0.0220 e. The van der Waals surface area contributed by atoms with Gasteiger partial charge in [0.05, 0.1) is 0 Å². The summed E-state index contributed by atoms with van der Waals surface area (Å²) in [6, 6.07) is 0. The van der Waals surface area contributed by atoms with E-state index < -0.39 is 0 Å². The monoisotopic (exact) mass is 267 g/mol. The molecule has 3 aliphatic rings. The van der Waals surface area contributed by atoms with Gasteiger partial charge >= 0.3 is 0 Å². The summed E-state index contributed by atoms with van der Waals surface area (Å²) >= 11 is 0. The Balaban J connectivity index is 2.20. The molecule has 0 unspecified atom stereocenters. The Hall–Kier alpha value is -1.50. The van der Waals surface area contributed by atoms with E-state index in [1.165, 1.54) is 35.4 Å². The lowest BCUT2D eigenvalue weighted by atomic mass is 9.69. The van der Waals surface area contributed by atoms with E-state index >= 15 is 0 Å². The van der Waals surface area contributed by atoms with Gasteiger partial charge in [-0.25, -0.2) is 0 Å². The first-order valence-electron chi connectivity index (χ1n) is 7.74. The minimum atomic E-state index is 0.229. The van der Waals surface area contributed by atoms with E-state index in [0.29, 0.717) is 0 Å². The Bertz CT molecular complexity index is 579. The van der Waals surface area contributed by atoms with Crippen LogP contribution in [-0.4, -0.2) is 11.9 Å². The van der Waals surface area contributed by atoms with Crippen molar-refractivity contribution < 1.29 is 0 Å². The molecule has 2 aliphatic carbocycles. The van der Waals surface area contributed by atoms with E-state index in [9.17, 15) is 0 Å². The largest absolute Gasteiger partial charge is 0.352 e. The average molecular weight is 267 g/mol. The molecule has 0 fully saturated rings. The van der Waals surface area contributed by atoms with Gasteiger partial charge in [-0.15, -0.1) is 0 Å². The summed E-state index contributed by atoms with van der Waals surface area (Å²) in [5.74, 6) is 0. The van der Waals surface area contributed by atoms with Crippen molar-refractivity contribution in [2.75, 3.05) is 7.05 Å². The molecule has 0 saturated carbocycles. The number of hydrogen-bond donors (Lipinski definition) is 0. The Kier molecular flexibility index (Phi) is 3.24. The van der Waals surface area contributed by atoms with Gasteiger partial charge in [-0.2, -0.15) is 0 Å². The van der Waals surface area contributed by atoms with Gasteiger partial charge in [0.1, 0.15) is 0 Å². The fourth-order valence-electron chi connectivity index (χ4n) is 3.89. The van der Waals surface area contributed by atoms with Gasteiger partial charge in [0.15, 0.2) is 0 Å². The van der Waals surface area contributed by atoms with E-state index in [4.69, 9.17) is 0 Å². The Morgan fingerprint density at radius 3 is 2.65 bits per heavy atom. The number of allylic oxidation sites excluding steroid dienone is 10. The van der Waals surface area contributed by atoms with E-state index in [2.05, 4.69) is 63.1 Å². The smallest absolute Gasteiger partial charge is 0.0220 e. The molecule has 1 heterocycles. The molecule has 0 N–H and O–H groups in total. The zero-order valence-electron chi connectivity index (χ0n) is 13.2. The normalized spacial score (nSPS) is 26.8. The Morgan fingerprint density at radius 2 is 1.90 bits per heavy atom. The van der Waals surface area contributed by atoms with Gasteiger partial charge in [-0.05, 0) is 54.7 Å². The van der Waals surface area contributed by atoms with Gasteiger partial charge in [-0.1, -0.05) is 44.2 Å². The highest BCUT2D eigenvalue weighted by Crippen LogP contribution is 2.50. The summed E-state index contributed by atoms with van der Waals surface area (Å²) in [6.07, 6.45) is 16.1. The average Bonchev–Trinajstić information content (AvgIpc) is 2.67. The lowest BCUT2D eigenvalue weighted by Gasteiger charge is -2.45. The van der Waals surface area contributed by atoms with Crippen molar-refractivity contribution in [2.45, 2.75) is 46.5 Å². The van der Waals surface area contributed by atoms with Crippen molar-refractivity contribution in [3.8, 4) is 0 Å². The maximum atomic E-state index is 2.44. The third kappa shape index (κ3) is 2.00. The predicted molar refractivity (Wildman–Crippen MR) is 86.1 cm³/mol. The van der Waals surface area contributed by atoms with Crippen LogP contribution in [0.15, 0.2) is 58.5 Å². The van der Waals surface area contributed by atoms with Crippen molar-refractivity contribution in [2.24, 2.45) is 5.41 Å². The van der Waals surface area contributed by atoms with Crippen LogP contribution in [0.5, 0.6) is 0 Å². The molecule has 20 heavy (non-hydrogen) atoms. The summed E-state index contributed by atoms with van der Waals surface area (Å²) in [6.45, 7) is 6.96. The third-order valence-electron chi connectivity index (χ3n) is 4.88. The fourth-order valence-corrected chi connectivity index (χ4v) is 3.89. The van der Waals surface area contributed by atoms with Crippen LogP contribution in [0.1, 0.15) is 46.5 Å². The number of fused-ring (bicyclic) bond motifs is 1. The van der Waals surface area contributed by atoms with Crippen molar-refractivity contribution >= 4 is 0 Å². The van der Waals surface area contributed by atoms with Crippen LogP contribution in [-0.2, 0) is 0 Å². The highest BCUT2D eigenvalue weighted by Gasteiger charge is 2.38. The molecule has 1 aliphatic heterocycles. The molecular weight excluding hydrogens is 242 g/mol. The lowest BCUT2D eigenvalue weighted by molar-refractivity contribution is 0.319. The summed E-state index contributed by atoms with van der Waals surface area (Å²) < 4.78 is 0. The van der Waals surface area contributed by atoms with E-state index in [1.54, 1.807) is 5.57 Å². The minimum Gasteiger partial charge on any atom is -0.352 e.